The number of aliphatic imine (C=N–C) groups is 1. The average molecular weight is 424 g/mol. The lowest BCUT2D eigenvalue weighted by Gasteiger charge is -2.33. The summed E-state index contributed by atoms with van der Waals surface area (Å²) in [4.78, 5) is 7.13. The zero-order chi connectivity index (χ0) is 21.0. The van der Waals surface area contributed by atoms with Crippen LogP contribution in [0.4, 0.5) is 0 Å². The van der Waals surface area contributed by atoms with Crippen LogP contribution in [0, 0.1) is 0 Å². The first-order valence-electron chi connectivity index (χ1n) is 10.8. The molecule has 1 aromatic carbocycles. The molecule has 0 bridgehead atoms. The van der Waals surface area contributed by atoms with Gasteiger partial charge >= 0.3 is 0 Å². The number of sulfonamides is 1. The molecule has 0 aliphatic carbocycles. The van der Waals surface area contributed by atoms with Crippen molar-refractivity contribution >= 4 is 16.0 Å². The fraction of sp³-hybridized carbons (Fsp3) is 0.667. The summed E-state index contributed by atoms with van der Waals surface area (Å²) in [7, 11) is -3.34. The quantitative estimate of drug-likeness (QED) is 0.288. The van der Waals surface area contributed by atoms with Crippen molar-refractivity contribution in [1.29, 1.82) is 0 Å². The van der Waals surface area contributed by atoms with E-state index in [1.54, 1.807) is 0 Å². The molecule has 1 aliphatic rings. The maximum Gasteiger partial charge on any atom is 0.213 e. The minimum absolute atomic E-state index is 0.00946. The molecule has 0 radical (unpaired) electrons. The Morgan fingerprint density at radius 3 is 2.72 bits per heavy atom. The van der Waals surface area contributed by atoms with E-state index in [-0.39, 0.29) is 5.75 Å². The second-order valence-electron chi connectivity index (χ2n) is 7.55. The van der Waals surface area contributed by atoms with Gasteiger partial charge in [-0.25, -0.2) is 13.1 Å². The Morgan fingerprint density at radius 1 is 1.21 bits per heavy atom. The van der Waals surface area contributed by atoms with Gasteiger partial charge in [0.25, 0.3) is 0 Å². The van der Waals surface area contributed by atoms with Crippen molar-refractivity contribution in [2.45, 2.75) is 52.1 Å². The van der Waals surface area contributed by atoms with Gasteiger partial charge in [-0.05, 0) is 45.2 Å². The predicted octanol–water partition coefficient (Wildman–Crippen LogP) is 1.93. The molecule has 1 saturated heterocycles. The Morgan fingerprint density at radius 2 is 2.00 bits per heavy atom. The summed E-state index contributed by atoms with van der Waals surface area (Å²) in [5, 5.41) is 6.31. The van der Waals surface area contributed by atoms with E-state index in [1.165, 1.54) is 25.8 Å². The third kappa shape index (κ3) is 9.60. The molecular formula is C21H37N5O2S. The summed E-state index contributed by atoms with van der Waals surface area (Å²) in [6.45, 7) is 8.68. The molecule has 1 aromatic rings. The molecule has 29 heavy (non-hydrogen) atoms. The Balaban J connectivity index is 1.69. The average Bonchev–Trinajstić information content (AvgIpc) is 2.71. The van der Waals surface area contributed by atoms with Gasteiger partial charge in [-0.15, -0.1) is 0 Å². The van der Waals surface area contributed by atoms with Crippen LogP contribution in [0.2, 0.25) is 0 Å². The summed E-state index contributed by atoms with van der Waals surface area (Å²) in [5.41, 5.74) is 0.946. The summed E-state index contributed by atoms with van der Waals surface area (Å²) < 4.78 is 27.0. The number of likely N-dealkylation sites (tertiary alicyclic amines) is 1. The minimum atomic E-state index is -3.34. The Hall–Kier alpha value is -1.64. The van der Waals surface area contributed by atoms with Crippen LogP contribution in [-0.2, 0) is 16.6 Å². The largest absolute Gasteiger partial charge is 0.357 e. The molecule has 2 rings (SSSR count). The lowest BCUT2D eigenvalue weighted by molar-refractivity contribution is 0.160. The third-order valence-corrected chi connectivity index (χ3v) is 6.49. The molecular weight excluding hydrogens is 386 g/mol. The SMILES string of the molecule is CCNC(=NCCCN1CCCCC1C)NCCS(=O)(=O)NCc1ccccc1. The van der Waals surface area contributed by atoms with E-state index in [0.29, 0.717) is 25.1 Å². The third-order valence-electron chi connectivity index (χ3n) is 5.16. The molecule has 1 fully saturated rings. The lowest BCUT2D eigenvalue weighted by Crippen LogP contribution is -2.41. The van der Waals surface area contributed by atoms with Gasteiger partial charge in [0.1, 0.15) is 0 Å². The van der Waals surface area contributed by atoms with Gasteiger partial charge in [0.05, 0.1) is 5.75 Å². The molecule has 0 saturated carbocycles. The van der Waals surface area contributed by atoms with Crippen LogP contribution < -0.4 is 15.4 Å². The maximum absolute atomic E-state index is 12.2. The van der Waals surface area contributed by atoms with Gasteiger partial charge in [-0.1, -0.05) is 36.8 Å². The van der Waals surface area contributed by atoms with E-state index in [4.69, 9.17) is 0 Å². The number of benzene rings is 1. The molecule has 1 atom stereocenters. The van der Waals surface area contributed by atoms with Gasteiger partial charge in [0.2, 0.25) is 10.0 Å². The van der Waals surface area contributed by atoms with Crippen molar-refractivity contribution in [3.05, 3.63) is 35.9 Å². The highest BCUT2D eigenvalue weighted by molar-refractivity contribution is 7.89. The topological polar surface area (TPSA) is 85.8 Å². The molecule has 7 nitrogen and oxygen atoms in total. The van der Waals surface area contributed by atoms with E-state index in [1.807, 2.05) is 37.3 Å². The first-order valence-corrected chi connectivity index (χ1v) is 12.4. The van der Waals surface area contributed by atoms with Crippen molar-refractivity contribution < 1.29 is 8.42 Å². The highest BCUT2D eigenvalue weighted by Crippen LogP contribution is 2.16. The number of piperidine rings is 1. The first kappa shape index (κ1) is 23.6. The molecule has 8 heteroatoms. The van der Waals surface area contributed by atoms with Crippen LogP contribution in [0.15, 0.2) is 35.3 Å². The normalized spacial score (nSPS) is 18.6. The van der Waals surface area contributed by atoms with Crippen LogP contribution >= 0.6 is 0 Å². The Kier molecular flexibility index (Phi) is 10.5. The fourth-order valence-electron chi connectivity index (χ4n) is 3.46. The monoisotopic (exact) mass is 423 g/mol. The summed E-state index contributed by atoms with van der Waals surface area (Å²) in [6.07, 6.45) is 4.94. The van der Waals surface area contributed by atoms with E-state index in [9.17, 15) is 8.42 Å². The van der Waals surface area contributed by atoms with Crippen LogP contribution in [0.1, 0.15) is 45.1 Å². The molecule has 1 heterocycles. The van der Waals surface area contributed by atoms with Crippen LogP contribution in [0.5, 0.6) is 0 Å². The number of nitrogens with one attached hydrogen (secondary N) is 3. The summed E-state index contributed by atoms with van der Waals surface area (Å²) >= 11 is 0. The molecule has 1 aliphatic heterocycles. The number of rotatable bonds is 11. The molecule has 0 aromatic heterocycles. The first-order chi connectivity index (χ1) is 14.0. The van der Waals surface area contributed by atoms with Crippen LogP contribution in [0.25, 0.3) is 0 Å². The van der Waals surface area contributed by atoms with Crippen LogP contribution in [-0.4, -0.2) is 63.8 Å². The number of hydrogen-bond donors (Lipinski definition) is 3. The van der Waals surface area contributed by atoms with Crippen molar-refractivity contribution in [1.82, 2.24) is 20.3 Å². The summed E-state index contributed by atoms with van der Waals surface area (Å²) in [6, 6.07) is 10.2. The van der Waals surface area contributed by atoms with Crippen molar-refractivity contribution in [2.24, 2.45) is 4.99 Å². The van der Waals surface area contributed by atoms with Gasteiger partial charge in [0, 0.05) is 38.8 Å². The second kappa shape index (κ2) is 12.8. The molecule has 0 amide bonds. The Labute approximate surface area is 176 Å². The highest BCUT2D eigenvalue weighted by Gasteiger charge is 2.17. The van der Waals surface area contributed by atoms with Gasteiger partial charge < -0.3 is 15.5 Å². The standard InChI is InChI=1S/C21H37N5O2S/c1-3-22-21(23-13-9-16-26-15-8-7-10-19(26)2)24-14-17-29(27,28)25-18-20-11-5-4-6-12-20/h4-6,11-12,19,25H,3,7-10,13-18H2,1-2H3,(H2,22,23,24). The van der Waals surface area contributed by atoms with Gasteiger partial charge in [-0.3, -0.25) is 4.99 Å². The molecule has 1 unspecified atom stereocenters. The van der Waals surface area contributed by atoms with Gasteiger partial charge in [-0.2, -0.15) is 0 Å². The summed E-state index contributed by atoms with van der Waals surface area (Å²) in [5.74, 6) is 0.688. The number of guanidine groups is 1. The van der Waals surface area contributed by atoms with E-state index >= 15 is 0 Å². The number of nitrogens with zero attached hydrogens (tertiary/aromatic N) is 2. The van der Waals surface area contributed by atoms with E-state index in [0.717, 1.165) is 31.6 Å². The van der Waals surface area contributed by atoms with E-state index in [2.05, 4.69) is 32.2 Å². The zero-order valence-corrected chi connectivity index (χ0v) is 18.7. The lowest BCUT2D eigenvalue weighted by atomic mass is 10.0. The fourth-order valence-corrected chi connectivity index (χ4v) is 4.36. The smallest absolute Gasteiger partial charge is 0.213 e. The second-order valence-corrected chi connectivity index (χ2v) is 9.47. The Bertz CT molecular complexity index is 709. The molecule has 3 N–H and O–H groups in total. The van der Waals surface area contributed by atoms with Gasteiger partial charge in [0.15, 0.2) is 5.96 Å². The van der Waals surface area contributed by atoms with E-state index < -0.39 is 10.0 Å². The maximum atomic E-state index is 12.2. The molecule has 164 valence electrons. The predicted molar refractivity (Wildman–Crippen MR) is 121 cm³/mol. The van der Waals surface area contributed by atoms with Crippen LogP contribution in [0.3, 0.4) is 0 Å². The zero-order valence-electron chi connectivity index (χ0n) is 17.9. The van der Waals surface area contributed by atoms with Crippen molar-refractivity contribution in [2.75, 3.05) is 38.5 Å². The highest BCUT2D eigenvalue weighted by atomic mass is 32.2. The molecule has 0 spiro atoms. The minimum Gasteiger partial charge on any atom is -0.357 e. The van der Waals surface area contributed by atoms with Crippen molar-refractivity contribution in [3.8, 4) is 0 Å². The van der Waals surface area contributed by atoms with Crippen molar-refractivity contribution in [3.63, 3.8) is 0 Å². The number of hydrogen-bond acceptors (Lipinski definition) is 4.